The Balaban J connectivity index is 2.48. The molecular weight excluding hydrogens is 199 g/mol. The topological polar surface area (TPSA) is 37.3 Å². The molecule has 1 atom stereocenters. The smallest absolute Gasteiger partial charge is 0.307 e. The standard InChI is InChI=1S/C8H10Cl2O2/c9-4-6(10)3-7(8(11)12)5-1-2-5/h4-5,7H,1-3H2,(H,11,12)/b6-4-. The van der Waals surface area contributed by atoms with Gasteiger partial charge in [0, 0.05) is 10.6 Å². The van der Waals surface area contributed by atoms with Gasteiger partial charge in [0.05, 0.1) is 5.92 Å². The Bertz CT molecular complexity index is 209. The molecule has 0 bridgehead atoms. The van der Waals surface area contributed by atoms with E-state index in [1.54, 1.807) is 0 Å². The summed E-state index contributed by atoms with van der Waals surface area (Å²) in [6.07, 6.45) is 2.37. The summed E-state index contributed by atoms with van der Waals surface area (Å²) < 4.78 is 0. The fraction of sp³-hybridized carbons (Fsp3) is 0.625. The van der Waals surface area contributed by atoms with Crippen molar-refractivity contribution in [1.29, 1.82) is 0 Å². The van der Waals surface area contributed by atoms with Gasteiger partial charge in [-0.2, -0.15) is 0 Å². The van der Waals surface area contributed by atoms with Gasteiger partial charge in [0.2, 0.25) is 0 Å². The number of hydrogen-bond acceptors (Lipinski definition) is 1. The molecule has 68 valence electrons. The van der Waals surface area contributed by atoms with Gasteiger partial charge in [-0.1, -0.05) is 23.2 Å². The fourth-order valence-electron chi connectivity index (χ4n) is 1.21. The number of allylic oxidation sites excluding steroid dienone is 1. The van der Waals surface area contributed by atoms with E-state index in [4.69, 9.17) is 28.3 Å². The van der Waals surface area contributed by atoms with Gasteiger partial charge in [-0.15, -0.1) is 0 Å². The molecule has 0 aromatic rings. The zero-order valence-corrected chi connectivity index (χ0v) is 7.98. The molecule has 1 unspecified atom stereocenters. The molecule has 1 aliphatic rings. The van der Waals surface area contributed by atoms with Crippen molar-refractivity contribution >= 4 is 29.2 Å². The lowest BCUT2D eigenvalue weighted by Crippen LogP contribution is -2.15. The van der Waals surface area contributed by atoms with E-state index < -0.39 is 5.97 Å². The van der Waals surface area contributed by atoms with Gasteiger partial charge in [0.15, 0.2) is 0 Å². The quantitative estimate of drug-likeness (QED) is 0.772. The Morgan fingerprint density at radius 1 is 1.67 bits per heavy atom. The van der Waals surface area contributed by atoms with Crippen LogP contribution in [-0.4, -0.2) is 11.1 Å². The molecule has 0 aromatic heterocycles. The molecule has 0 spiro atoms. The molecule has 0 amide bonds. The first-order valence-corrected chi connectivity index (χ1v) is 4.64. The second-order valence-corrected chi connectivity index (χ2v) is 3.75. The minimum Gasteiger partial charge on any atom is -0.481 e. The van der Waals surface area contributed by atoms with Crippen molar-refractivity contribution in [3.63, 3.8) is 0 Å². The van der Waals surface area contributed by atoms with Gasteiger partial charge >= 0.3 is 5.97 Å². The first-order chi connectivity index (χ1) is 5.65. The first kappa shape index (κ1) is 9.87. The fourth-order valence-corrected chi connectivity index (χ4v) is 1.46. The van der Waals surface area contributed by atoms with Crippen molar-refractivity contribution in [1.82, 2.24) is 0 Å². The Morgan fingerprint density at radius 3 is 2.58 bits per heavy atom. The summed E-state index contributed by atoms with van der Waals surface area (Å²) in [5.74, 6) is -0.797. The lowest BCUT2D eigenvalue weighted by molar-refractivity contribution is -0.142. The largest absolute Gasteiger partial charge is 0.481 e. The van der Waals surface area contributed by atoms with Crippen LogP contribution in [0.3, 0.4) is 0 Å². The van der Waals surface area contributed by atoms with Crippen LogP contribution in [0.4, 0.5) is 0 Å². The molecule has 1 fully saturated rings. The summed E-state index contributed by atoms with van der Waals surface area (Å²) in [7, 11) is 0. The third-order valence-corrected chi connectivity index (χ3v) is 2.68. The first-order valence-electron chi connectivity index (χ1n) is 3.82. The molecule has 2 nitrogen and oxygen atoms in total. The predicted molar refractivity (Wildman–Crippen MR) is 48.3 cm³/mol. The zero-order valence-electron chi connectivity index (χ0n) is 6.46. The van der Waals surface area contributed by atoms with Gasteiger partial charge in [-0.3, -0.25) is 4.79 Å². The van der Waals surface area contributed by atoms with Gasteiger partial charge in [0.25, 0.3) is 0 Å². The lowest BCUT2D eigenvalue weighted by atomic mass is 10.0. The van der Waals surface area contributed by atoms with E-state index in [1.165, 1.54) is 5.54 Å². The average Bonchev–Trinajstić information content (AvgIpc) is 2.81. The second-order valence-electron chi connectivity index (χ2n) is 3.04. The highest BCUT2D eigenvalue weighted by Gasteiger charge is 2.36. The number of hydrogen-bond donors (Lipinski definition) is 1. The third kappa shape index (κ3) is 2.68. The second kappa shape index (κ2) is 4.15. The van der Waals surface area contributed by atoms with Crippen LogP contribution in [0.25, 0.3) is 0 Å². The van der Waals surface area contributed by atoms with Crippen LogP contribution in [0.15, 0.2) is 10.6 Å². The lowest BCUT2D eigenvalue weighted by Gasteiger charge is -2.08. The Labute approximate surface area is 81.2 Å². The summed E-state index contributed by atoms with van der Waals surface area (Å²) in [4.78, 5) is 10.7. The minimum absolute atomic E-state index is 0.313. The maximum atomic E-state index is 10.7. The van der Waals surface area contributed by atoms with Crippen molar-refractivity contribution < 1.29 is 9.90 Å². The summed E-state index contributed by atoms with van der Waals surface area (Å²) in [5, 5.41) is 9.23. The normalized spacial score (nSPS) is 20.7. The predicted octanol–water partition coefficient (Wildman–Crippen LogP) is 2.81. The molecular formula is C8H10Cl2O2. The highest BCUT2D eigenvalue weighted by Crippen LogP contribution is 2.40. The van der Waals surface area contributed by atoms with Gasteiger partial charge < -0.3 is 5.11 Å². The Kier molecular flexibility index (Phi) is 3.41. The minimum atomic E-state index is -0.769. The van der Waals surface area contributed by atoms with Gasteiger partial charge in [0.1, 0.15) is 0 Å². The molecule has 1 rings (SSSR count). The maximum absolute atomic E-state index is 10.7. The van der Waals surface area contributed by atoms with E-state index in [2.05, 4.69) is 0 Å². The molecule has 0 heterocycles. The molecule has 0 aliphatic heterocycles. The number of rotatable bonds is 4. The van der Waals surface area contributed by atoms with E-state index >= 15 is 0 Å². The summed E-state index contributed by atoms with van der Waals surface area (Å²) in [6, 6.07) is 0. The van der Waals surface area contributed by atoms with Crippen molar-refractivity contribution in [2.24, 2.45) is 11.8 Å². The summed E-state index contributed by atoms with van der Waals surface area (Å²) in [5.41, 5.74) is 1.24. The Morgan fingerprint density at radius 2 is 2.25 bits per heavy atom. The van der Waals surface area contributed by atoms with E-state index in [1.807, 2.05) is 0 Å². The van der Waals surface area contributed by atoms with Crippen LogP contribution in [0, 0.1) is 11.8 Å². The number of carbonyl (C=O) groups is 1. The zero-order chi connectivity index (χ0) is 9.14. The maximum Gasteiger partial charge on any atom is 0.307 e. The molecule has 0 radical (unpaired) electrons. The van der Waals surface area contributed by atoms with Crippen molar-refractivity contribution in [3.05, 3.63) is 10.6 Å². The van der Waals surface area contributed by atoms with E-state index in [-0.39, 0.29) is 5.92 Å². The molecule has 0 aromatic carbocycles. The van der Waals surface area contributed by atoms with Crippen LogP contribution in [-0.2, 0) is 4.79 Å². The number of halogens is 2. The van der Waals surface area contributed by atoms with Crippen LogP contribution in [0.1, 0.15) is 19.3 Å². The van der Waals surface area contributed by atoms with E-state index in [0.29, 0.717) is 17.4 Å². The molecule has 1 saturated carbocycles. The highest BCUT2D eigenvalue weighted by molar-refractivity contribution is 6.36. The number of aliphatic carboxylic acids is 1. The highest BCUT2D eigenvalue weighted by atomic mass is 35.5. The average molecular weight is 209 g/mol. The summed E-state index contributed by atoms with van der Waals surface area (Å²) >= 11 is 11.0. The van der Waals surface area contributed by atoms with Gasteiger partial charge in [-0.25, -0.2) is 0 Å². The molecule has 1 aliphatic carbocycles. The Hall–Kier alpha value is -0.210. The van der Waals surface area contributed by atoms with E-state index in [9.17, 15) is 4.79 Å². The molecule has 0 saturated heterocycles. The van der Waals surface area contributed by atoms with Crippen LogP contribution < -0.4 is 0 Å². The number of carboxylic acids is 1. The van der Waals surface area contributed by atoms with E-state index in [0.717, 1.165) is 12.8 Å². The number of carboxylic acid groups (broad SMARTS) is 1. The van der Waals surface area contributed by atoms with Crippen LogP contribution >= 0.6 is 23.2 Å². The van der Waals surface area contributed by atoms with Crippen molar-refractivity contribution in [3.8, 4) is 0 Å². The molecule has 12 heavy (non-hydrogen) atoms. The van der Waals surface area contributed by atoms with Crippen molar-refractivity contribution in [2.45, 2.75) is 19.3 Å². The van der Waals surface area contributed by atoms with Crippen LogP contribution in [0.5, 0.6) is 0 Å². The van der Waals surface area contributed by atoms with Gasteiger partial charge in [-0.05, 0) is 25.2 Å². The SMILES string of the molecule is O=C(O)C(C/C(Cl)=C/Cl)C1CC1. The van der Waals surface area contributed by atoms with Crippen molar-refractivity contribution in [2.75, 3.05) is 0 Å². The summed E-state index contributed by atoms with van der Waals surface area (Å²) in [6.45, 7) is 0. The van der Waals surface area contributed by atoms with Crippen LogP contribution in [0.2, 0.25) is 0 Å². The third-order valence-electron chi connectivity index (χ3n) is 2.04. The monoisotopic (exact) mass is 208 g/mol. The molecule has 1 N–H and O–H groups in total. The molecule has 4 heteroatoms.